The van der Waals surface area contributed by atoms with E-state index in [1.807, 2.05) is 36.9 Å². The summed E-state index contributed by atoms with van der Waals surface area (Å²) in [6.45, 7) is 6.70. The molecule has 24 heavy (non-hydrogen) atoms. The van der Waals surface area contributed by atoms with Gasteiger partial charge in [-0.25, -0.2) is 0 Å². The number of amides is 1. The van der Waals surface area contributed by atoms with E-state index in [4.69, 9.17) is 4.74 Å². The van der Waals surface area contributed by atoms with Gasteiger partial charge in [-0.05, 0) is 55.9 Å². The number of hydrogen-bond donors (Lipinski definition) is 0. The molecule has 1 amide bonds. The van der Waals surface area contributed by atoms with Gasteiger partial charge in [0.25, 0.3) is 5.91 Å². The molecule has 0 aliphatic heterocycles. The second-order valence-electron chi connectivity index (χ2n) is 6.95. The van der Waals surface area contributed by atoms with E-state index in [2.05, 4.69) is 6.92 Å². The number of carbonyl (C=O) groups is 2. The van der Waals surface area contributed by atoms with Crippen molar-refractivity contribution in [2.45, 2.75) is 58.9 Å². The summed E-state index contributed by atoms with van der Waals surface area (Å²) in [5.41, 5.74) is 3.00. The van der Waals surface area contributed by atoms with Crippen LogP contribution in [0.3, 0.4) is 0 Å². The van der Waals surface area contributed by atoms with Crippen molar-refractivity contribution in [1.29, 1.82) is 0 Å². The number of aryl methyl sites for hydroxylation is 2. The predicted octanol–water partition coefficient (Wildman–Crippen LogP) is 3.89. The summed E-state index contributed by atoms with van der Waals surface area (Å²) in [5.74, 6) is 0.226. The number of carbonyl (C=O) groups excluding carboxylic acids is 2. The van der Waals surface area contributed by atoms with Crippen molar-refractivity contribution >= 4 is 11.9 Å². The van der Waals surface area contributed by atoms with Crippen LogP contribution in [-0.2, 0) is 9.53 Å². The van der Waals surface area contributed by atoms with Crippen LogP contribution in [0, 0.1) is 19.8 Å². The number of ether oxygens (including phenoxy) is 1. The maximum absolute atomic E-state index is 13.1. The molecule has 0 spiro atoms. The van der Waals surface area contributed by atoms with E-state index >= 15 is 0 Å². The Kier molecular flexibility index (Phi) is 6.41. The van der Waals surface area contributed by atoms with Gasteiger partial charge in [-0.3, -0.25) is 9.59 Å². The van der Waals surface area contributed by atoms with Crippen molar-refractivity contribution in [2.24, 2.45) is 5.92 Å². The molecule has 0 aromatic heterocycles. The Morgan fingerprint density at radius 2 is 1.88 bits per heavy atom. The molecular weight excluding hydrogens is 302 g/mol. The zero-order valence-corrected chi connectivity index (χ0v) is 15.3. The lowest BCUT2D eigenvalue weighted by Gasteiger charge is -2.38. The second kappa shape index (κ2) is 8.32. The quantitative estimate of drug-likeness (QED) is 0.769. The largest absolute Gasteiger partial charge is 0.469 e. The first kappa shape index (κ1) is 18.5. The fourth-order valence-electron chi connectivity index (χ4n) is 3.53. The van der Waals surface area contributed by atoms with Gasteiger partial charge in [-0.1, -0.05) is 25.8 Å². The van der Waals surface area contributed by atoms with Gasteiger partial charge in [-0.2, -0.15) is 0 Å². The molecule has 0 N–H and O–H groups in total. The standard InChI is InChI=1S/C20H29NO3/c1-14-9-10-17(13-16(14)3)20(23)21(12-11-19(22)24-4)18-8-6-5-7-15(18)2/h9-10,13,15,18H,5-8,11-12H2,1-4H3. The normalized spacial score (nSPS) is 20.5. The zero-order chi connectivity index (χ0) is 17.7. The van der Waals surface area contributed by atoms with Crippen LogP contribution >= 0.6 is 0 Å². The highest BCUT2D eigenvalue weighted by Gasteiger charge is 2.31. The Hall–Kier alpha value is -1.84. The SMILES string of the molecule is COC(=O)CCN(C(=O)c1ccc(C)c(C)c1)C1CCCCC1C. The average Bonchev–Trinajstić information content (AvgIpc) is 2.58. The van der Waals surface area contributed by atoms with E-state index in [0.717, 1.165) is 24.8 Å². The van der Waals surface area contributed by atoms with Crippen molar-refractivity contribution in [3.63, 3.8) is 0 Å². The van der Waals surface area contributed by atoms with E-state index in [0.29, 0.717) is 18.0 Å². The molecule has 1 saturated carbocycles. The maximum Gasteiger partial charge on any atom is 0.307 e. The summed E-state index contributed by atoms with van der Waals surface area (Å²) in [7, 11) is 1.39. The minimum atomic E-state index is -0.267. The van der Waals surface area contributed by atoms with Gasteiger partial charge in [0.05, 0.1) is 13.5 Å². The molecule has 4 heteroatoms. The van der Waals surface area contributed by atoms with E-state index in [-0.39, 0.29) is 24.3 Å². The van der Waals surface area contributed by atoms with Gasteiger partial charge in [-0.15, -0.1) is 0 Å². The molecule has 1 aliphatic carbocycles. The van der Waals surface area contributed by atoms with Gasteiger partial charge in [0.2, 0.25) is 0 Å². The zero-order valence-electron chi connectivity index (χ0n) is 15.3. The van der Waals surface area contributed by atoms with Crippen LogP contribution < -0.4 is 0 Å². The average molecular weight is 331 g/mol. The van der Waals surface area contributed by atoms with E-state index < -0.39 is 0 Å². The van der Waals surface area contributed by atoms with Crippen LogP contribution in [0.1, 0.15) is 60.5 Å². The highest BCUT2D eigenvalue weighted by Crippen LogP contribution is 2.29. The molecule has 2 rings (SSSR count). The molecule has 0 saturated heterocycles. The third-order valence-corrected chi connectivity index (χ3v) is 5.27. The molecule has 0 heterocycles. The molecule has 2 atom stereocenters. The first-order chi connectivity index (χ1) is 11.4. The van der Waals surface area contributed by atoms with E-state index in [1.54, 1.807) is 0 Å². The number of rotatable bonds is 5. The van der Waals surface area contributed by atoms with Crippen LogP contribution in [0.15, 0.2) is 18.2 Å². The lowest BCUT2D eigenvalue weighted by atomic mass is 9.84. The molecule has 1 fully saturated rings. The summed E-state index contributed by atoms with van der Waals surface area (Å²) < 4.78 is 4.76. The second-order valence-corrected chi connectivity index (χ2v) is 6.95. The Morgan fingerprint density at radius 3 is 2.50 bits per heavy atom. The van der Waals surface area contributed by atoms with Crippen LogP contribution in [0.4, 0.5) is 0 Å². The number of methoxy groups -OCH3 is 1. The molecule has 0 bridgehead atoms. The first-order valence-corrected chi connectivity index (χ1v) is 8.89. The molecule has 1 aromatic rings. The highest BCUT2D eigenvalue weighted by atomic mass is 16.5. The van der Waals surface area contributed by atoms with Crippen molar-refractivity contribution in [3.8, 4) is 0 Å². The molecular formula is C20H29NO3. The smallest absolute Gasteiger partial charge is 0.307 e. The molecule has 132 valence electrons. The summed E-state index contributed by atoms with van der Waals surface area (Å²) in [5, 5.41) is 0. The number of benzene rings is 1. The van der Waals surface area contributed by atoms with Crippen molar-refractivity contribution in [1.82, 2.24) is 4.90 Å². The first-order valence-electron chi connectivity index (χ1n) is 8.89. The minimum Gasteiger partial charge on any atom is -0.469 e. The Morgan fingerprint density at radius 1 is 1.17 bits per heavy atom. The highest BCUT2D eigenvalue weighted by molar-refractivity contribution is 5.95. The van der Waals surface area contributed by atoms with E-state index in [9.17, 15) is 9.59 Å². The molecule has 1 aromatic carbocycles. The van der Waals surface area contributed by atoms with Crippen molar-refractivity contribution in [2.75, 3.05) is 13.7 Å². The minimum absolute atomic E-state index is 0.0285. The summed E-state index contributed by atoms with van der Waals surface area (Å²) in [4.78, 5) is 26.6. The molecule has 4 nitrogen and oxygen atoms in total. The Labute approximate surface area is 145 Å². The fraction of sp³-hybridized carbons (Fsp3) is 0.600. The van der Waals surface area contributed by atoms with Crippen LogP contribution in [0.5, 0.6) is 0 Å². The number of esters is 1. The monoisotopic (exact) mass is 331 g/mol. The lowest BCUT2D eigenvalue weighted by molar-refractivity contribution is -0.141. The van der Waals surface area contributed by atoms with Gasteiger partial charge in [0, 0.05) is 18.2 Å². The number of nitrogens with zero attached hydrogens (tertiary/aromatic N) is 1. The summed E-state index contributed by atoms with van der Waals surface area (Å²) >= 11 is 0. The van der Waals surface area contributed by atoms with Gasteiger partial charge >= 0.3 is 5.97 Å². The maximum atomic E-state index is 13.1. The predicted molar refractivity (Wildman–Crippen MR) is 95.0 cm³/mol. The van der Waals surface area contributed by atoms with E-state index in [1.165, 1.54) is 19.1 Å². The molecule has 1 aliphatic rings. The van der Waals surface area contributed by atoms with Crippen LogP contribution in [0.2, 0.25) is 0 Å². The Bertz CT molecular complexity index is 597. The van der Waals surface area contributed by atoms with Crippen LogP contribution in [-0.4, -0.2) is 36.5 Å². The van der Waals surface area contributed by atoms with Gasteiger partial charge in [0.1, 0.15) is 0 Å². The third-order valence-electron chi connectivity index (χ3n) is 5.27. The number of hydrogen-bond acceptors (Lipinski definition) is 3. The third kappa shape index (κ3) is 4.37. The van der Waals surface area contributed by atoms with Gasteiger partial charge in [0.15, 0.2) is 0 Å². The molecule has 0 radical (unpaired) electrons. The van der Waals surface area contributed by atoms with Gasteiger partial charge < -0.3 is 9.64 Å². The topological polar surface area (TPSA) is 46.6 Å². The lowest BCUT2D eigenvalue weighted by Crippen LogP contribution is -2.46. The molecule has 2 unspecified atom stereocenters. The van der Waals surface area contributed by atoms with Crippen molar-refractivity contribution < 1.29 is 14.3 Å². The van der Waals surface area contributed by atoms with Crippen molar-refractivity contribution in [3.05, 3.63) is 34.9 Å². The van der Waals surface area contributed by atoms with Crippen LogP contribution in [0.25, 0.3) is 0 Å². The Balaban J connectivity index is 2.23. The summed E-state index contributed by atoms with van der Waals surface area (Å²) in [6, 6.07) is 6.04. The summed E-state index contributed by atoms with van der Waals surface area (Å²) in [6.07, 6.45) is 4.76. The fourth-order valence-corrected chi connectivity index (χ4v) is 3.53.